The van der Waals surface area contributed by atoms with Crippen LogP contribution >= 0.6 is 0 Å². The molecule has 3 fully saturated rings. The van der Waals surface area contributed by atoms with Crippen molar-refractivity contribution in [3.63, 3.8) is 0 Å². The zero-order valence-electron chi connectivity index (χ0n) is 8.99. The van der Waals surface area contributed by atoms with Crippen LogP contribution in [0.15, 0.2) is 0 Å². The Hall–Kier alpha value is -0.730. The van der Waals surface area contributed by atoms with E-state index in [9.17, 15) is 4.79 Å². The van der Waals surface area contributed by atoms with Gasteiger partial charge in [0.25, 0.3) is 0 Å². The lowest BCUT2D eigenvalue weighted by molar-refractivity contribution is 0.0142. The van der Waals surface area contributed by atoms with E-state index in [1.54, 1.807) is 0 Å². The van der Waals surface area contributed by atoms with Gasteiger partial charge in [-0.05, 0) is 38.0 Å². The highest BCUT2D eigenvalue weighted by Gasteiger charge is 2.62. The van der Waals surface area contributed by atoms with Gasteiger partial charge in [0.1, 0.15) is 5.60 Å². The summed E-state index contributed by atoms with van der Waals surface area (Å²) in [6.07, 6.45) is 1.17. The van der Waals surface area contributed by atoms with E-state index in [0.717, 1.165) is 18.4 Å². The minimum Gasteiger partial charge on any atom is -0.441 e. The van der Waals surface area contributed by atoms with Gasteiger partial charge in [0, 0.05) is 6.54 Å². The molecule has 0 aromatic heterocycles. The maximum atomic E-state index is 11.6. The van der Waals surface area contributed by atoms with Crippen molar-refractivity contribution in [2.24, 2.45) is 17.8 Å². The second-order valence-electron chi connectivity index (χ2n) is 5.61. The maximum absolute atomic E-state index is 11.6. The predicted molar refractivity (Wildman–Crippen MR) is 51.8 cm³/mol. The monoisotopic (exact) mass is 195 g/mol. The topological polar surface area (TPSA) is 29.5 Å². The Morgan fingerprint density at radius 2 is 2.14 bits per heavy atom. The summed E-state index contributed by atoms with van der Waals surface area (Å²) in [5.74, 6) is 2.24. The van der Waals surface area contributed by atoms with Crippen molar-refractivity contribution in [1.29, 1.82) is 0 Å². The molecule has 78 valence electrons. The Labute approximate surface area is 84.4 Å². The Morgan fingerprint density at radius 1 is 1.43 bits per heavy atom. The number of fused-ring (bicyclic) bond motifs is 3. The first-order valence-corrected chi connectivity index (χ1v) is 5.50. The number of rotatable bonds is 0. The minimum absolute atomic E-state index is 0.0957. The van der Waals surface area contributed by atoms with E-state index < -0.39 is 0 Å². The van der Waals surface area contributed by atoms with Crippen LogP contribution < -0.4 is 0 Å². The molecule has 2 saturated heterocycles. The number of hydrogen-bond acceptors (Lipinski definition) is 2. The third-order valence-electron chi connectivity index (χ3n) is 4.37. The number of carbonyl (C=O) groups is 1. The molecule has 0 bridgehead atoms. The Balaban J connectivity index is 1.93. The highest BCUT2D eigenvalue weighted by atomic mass is 16.6. The van der Waals surface area contributed by atoms with Gasteiger partial charge in [0.05, 0.1) is 6.04 Å². The fourth-order valence-corrected chi connectivity index (χ4v) is 3.68. The molecular weight excluding hydrogens is 178 g/mol. The van der Waals surface area contributed by atoms with Crippen LogP contribution in [-0.2, 0) is 4.74 Å². The molecule has 0 spiro atoms. The summed E-state index contributed by atoms with van der Waals surface area (Å²) in [5.41, 5.74) is -0.267. The third-order valence-corrected chi connectivity index (χ3v) is 4.37. The number of nitrogens with zero attached hydrogens (tertiary/aromatic N) is 1. The van der Waals surface area contributed by atoms with Crippen molar-refractivity contribution >= 4 is 6.09 Å². The van der Waals surface area contributed by atoms with Crippen molar-refractivity contribution in [3.05, 3.63) is 0 Å². The smallest absolute Gasteiger partial charge is 0.410 e. The lowest BCUT2D eigenvalue weighted by atomic mass is 9.63. The summed E-state index contributed by atoms with van der Waals surface area (Å²) in [4.78, 5) is 13.6. The van der Waals surface area contributed by atoms with Crippen molar-refractivity contribution in [2.45, 2.75) is 38.8 Å². The molecule has 14 heavy (non-hydrogen) atoms. The van der Waals surface area contributed by atoms with E-state index in [4.69, 9.17) is 4.74 Å². The molecule has 0 aromatic carbocycles. The molecule has 1 amide bonds. The largest absolute Gasteiger partial charge is 0.441 e. The number of amides is 1. The van der Waals surface area contributed by atoms with E-state index >= 15 is 0 Å². The molecule has 0 unspecified atom stereocenters. The fraction of sp³-hybridized carbons (Fsp3) is 0.909. The van der Waals surface area contributed by atoms with Crippen LogP contribution in [0.4, 0.5) is 4.79 Å². The van der Waals surface area contributed by atoms with Crippen LogP contribution in [0.2, 0.25) is 0 Å². The number of hydrogen-bond donors (Lipinski definition) is 0. The Morgan fingerprint density at radius 3 is 2.79 bits per heavy atom. The van der Waals surface area contributed by atoms with Gasteiger partial charge < -0.3 is 9.64 Å². The Kier molecular flexibility index (Phi) is 1.38. The molecule has 0 radical (unpaired) electrons. The van der Waals surface area contributed by atoms with Crippen molar-refractivity contribution in [3.8, 4) is 0 Å². The van der Waals surface area contributed by atoms with Crippen molar-refractivity contribution < 1.29 is 9.53 Å². The molecule has 4 atom stereocenters. The molecule has 3 heteroatoms. The summed E-state index contributed by atoms with van der Waals surface area (Å²) >= 11 is 0. The lowest BCUT2D eigenvalue weighted by Crippen LogP contribution is -2.46. The molecule has 0 aromatic rings. The number of carbonyl (C=O) groups excluding carboxylic acids is 1. The predicted octanol–water partition coefficient (Wildman–Crippen LogP) is 1.87. The highest BCUT2D eigenvalue weighted by Crippen LogP contribution is 2.54. The zero-order chi connectivity index (χ0) is 10.1. The molecule has 2 aliphatic heterocycles. The SMILES string of the molecule is C[C@H]1C[C@H]2[C@@H]1CN1C(=O)OC(C)(C)[C@H]21. The third kappa shape index (κ3) is 0.812. The van der Waals surface area contributed by atoms with Gasteiger partial charge in [0.15, 0.2) is 0 Å². The molecule has 3 rings (SSSR count). The number of ether oxygens (including phenoxy) is 1. The summed E-state index contributed by atoms with van der Waals surface area (Å²) < 4.78 is 5.39. The Bertz CT molecular complexity index is 300. The molecule has 3 aliphatic rings. The zero-order valence-corrected chi connectivity index (χ0v) is 8.99. The number of cyclic esters (lactones) is 1. The summed E-state index contributed by atoms with van der Waals surface area (Å²) in [6, 6.07) is 0.344. The average molecular weight is 195 g/mol. The van der Waals surface area contributed by atoms with Gasteiger partial charge in [-0.15, -0.1) is 0 Å². The first-order chi connectivity index (χ1) is 6.50. The van der Waals surface area contributed by atoms with Gasteiger partial charge in [-0.25, -0.2) is 4.79 Å². The van der Waals surface area contributed by atoms with Gasteiger partial charge in [-0.1, -0.05) is 6.92 Å². The van der Waals surface area contributed by atoms with E-state index in [2.05, 4.69) is 6.92 Å². The summed E-state index contributed by atoms with van der Waals surface area (Å²) in [6.45, 7) is 7.31. The second kappa shape index (κ2) is 2.26. The normalized spacial score (nSPS) is 48.2. The maximum Gasteiger partial charge on any atom is 0.410 e. The van der Waals surface area contributed by atoms with Crippen LogP contribution in [-0.4, -0.2) is 29.2 Å². The average Bonchev–Trinajstić information content (AvgIpc) is 2.47. The first-order valence-electron chi connectivity index (χ1n) is 5.50. The van der Waals surface area contributed by atoms with Crippen LogP contribution in [0.3, 0.4) is 0 Å². The van der Waals surface area contributed by atoms with Crippen LogP contribution in [0.5, 0.6) is 0 Å². The van der Waals surface area contributed by atoms with Crippen LogP contribution in [0.1, 0.15) is 27.2 Å². The molecule has 1 aliphatic carbocycles. The quantitative estimate of drug-likeness (QED) is 0.590. The van der Waals surface area contributed by atoms with Crippen molar-refractivity contribution in [2.75, 3.05) is 6.54 Å². The molecule has 0 N–H and O–H groups in total. The minimum atomic E-state index is -0.267. The molecule has 1 saturated carbocycles. The van der Waals surface area contributed by atoms with Crippen molar-refractivity contribution in [1.82, 2.24) is 4.90 Å². The standard InChI is InChI=1S/C11H17NO2/c1-6-4-7-8(6)5-12-9(7)11(2,3)14-10(12)13/h6-9H,4-5H2,1-3H3/t6-,7-,8+,9-/m0/s1. The van der Waals surface area contributed by atoms with Crippen LogP contribution in [0, 0.1) is 17.8 Å². The van der Waals surface area contributed by atoms with E-state index in [1.165, 1.54) is 6.42 Å². The second-order valence-corrected chi connectivity index (χ2v) is 5.61. The highest BCUT2D eigenvalue weighted by molar-refractivity contribution is 5.72. The van der Waals surface area contributed by atoms with Gasteiger partial charge in [-0.3, -0.25) is 0 Å². The van der Waals surface area contributed by atoms with E-state index in [-0.39, 0.29) is 11.7 Å². The van der Waals surface area contributed by atoms with Crippen LogP contribution in [0.25, 0.3) is 0 Å². The molecular formula is C11H17NO2. The fourth-order valence-electron chi connectivity index (χ4n) is 3.68. The lowest BCUT2D eigenvalue weighted by Gasteiger charge is -2.42. The first kappa shape index (κ1) is 8.57. The summed E-state index contributed by atoms with van der Waals surface area (Å²) in [5, 5.41) is 0. The van der Waals surface area contributed by atoms with Gasteiger partial charge in [-0.2, -0.15) is 0 Å². The van der Waals surface area contributed by atoms with Gasteiger partial charge in [0.2, 0.25) is 0 Å². The van der Waals surface area contributed by atoms with E-state index in [0.29, 0.717) is 12.0 Å². The molecule has 2 heterocycles. The van der Waals surface area contributed by atoms with Gasteiger partial charge >= 0.3 is 6.09 Å². The van der Waals surface area contributed by atoms with E-state index in [1.807, 2.05) is 18.7 Å². The molecule has 3 nitrogen and oxygen atoms in total. The summed E-state index contributed by atoms with van der Waals surface area (Å²) in [7, 11) is 0.